The summed E-state index contributed by atoms with van der Waals surface area (Å²) in [6, 6.07) is 1.11. The van der Waals surface area contributed by atoms with Gasteiger partial charge in [0.1, 0.15) is 11.6 Å². The number of amides is 2. The zero-order valence-electron chi connectivity index (χ0n) is 15.1. The molecule has 3 N–H and O–H groups in total. The molecule has 1 aliphatic rings. The second-order valence-electron chi connectivity index (χ2n) is 6.60. The minimum Gasteiger partial charge on any atom is -0.360 e. The molecule has 0 saturated heterocycles. The van der Waals surface area contributed by atoms with Crippen molar-refractivity contribution in [3.8, 4) is 0 Å². The van der Waals surface area contributed by atoms with Crippen molar-refractivity contribution < 1.29 is 14.1 Å². The van der Waals surface area contributed by atoms with Gasteiger partial charge in [0.25, 0.3) is 0 Å². The third-order valence-electron chi connectivity index (χ3n) is 4.20. The van der Waals surface area contributed by atoms with E-state index in [1.165, 1.54) is 6.07 Å². The topological polar surface area (TPSA) is 127 Å². The SMILES string of the molecule is Cc1cc(NC(=O)C(=O)NC(c2nnc3n2CCNCC3)C(C)C)no1. The summed E-state index contributed by atoms with van der Waals surface area (Å²) in [7, 11) is 0. The molecule has 1 unspecified atom stereocenters. The number of anilines is 1. The lowest BCUT2D eigenvalue weighted by atomic mass is 10.0. The van der Waals surface area contributed by atoms with Gasteiger partial charge in [-0.25, -0.2) is 0 Å². The molecule has 26 heavy (non-hydrogen) atoms. The monoisotopic (exact) mass is 361 g/mol. The van der Waals surface area contributed by atoms with E-state index < -0.39 is 17.9 Å². The Morgan fingerprint density at radius 2 is 2.08 bits per heavy atom. The fourth-order valence-electron chi connectivity index (χ4n) is 2.86. The average Bonchev–Trinajstić information content (AvgIpc) is 3.10. The maximum atomic E-state index is 12.3. The van der Waals surface area contributed by atoms with Gasteiger partial charge >= 0.3 is 11.8 Å². The number of hydrogen-bond acceptors (Lipinski definition) is 7. The number of nitrogens with zero attached hydrogens (tertiary/aromatic N) is 4. The van der Waals surface area contributed by atoms with E-state index in [1.807, 2.05) is 18.4 Å². The Morgan fingerprint density at radius 1 is 1.27 bits per heavy atom. The van der Waals surface area contributed by atoms with Gasteiger partial charge in [-0.05, 0) is 12.8 Å². The molecular weight excluding hydrogens is 338 g/mol. The minimum absolute atomic E-state index is 0.0329. The van der Waals surface area contributed by atoms with Crippen LogP contribution in [0.1, 0.15) is 37.3 Å². The molecule has 1 aliphatic heterocycles. The third kappa shape index (κ3) is 3.90. The van der Waals surface area contributed by atoms with Crippen LogP contribution in [-0.2, 0) is 22.6 Å². The highest BCUT2D eigenvalue weighted by atomic mass is 16.5. The first-order valence-electron chi connectivity index (χ1n) is 8.63. The normalized spacial score (nSPS) is 15.2. The zero-order valence-corrected chi connectivity index (χ0v) is 15.1. The lowest BCUT2D eigenvalue weighted by molar-refractivity contribution is -0.136. The highest BCUT2D eigenvalue weighted by molar-refractivity contribution is 6.39. The van der Waals surface area contributed by atoms with Crippen molar-refractivity contribution in [2.45, 2.75) is 39.8 Å². The molecule has 0 bridgehead atoms. The molecule has 0 aromatic carbocycles. The van der Waals surface area contributed by atoms with E-state index in [2.05, 4.69) is 31.3 Å². The quantitative estimate of drug-likeness (QED) is 0.663. The van der Waals surface area contributed by atoms with Crippen LogP contribution in [0.3, 0.4) is 0 Å². The summed E-state index contributed by atoms with van der Waals surface area (Å²) in [6.07, 6.45) is 0.776. The maximum Gasteiger partial charge on any atom is 0.314 e. The molecule has 2 aromatic heterocycles. The second-order valence-corrected chi connectivity index (χ2v) is 6.60. The lowest BCUT2D eigenvalue weighted by Gasteiger charge is -2.22. The van der Waals surface area contributed by atoms with Gasteiger partial charge in [0, 0.05) is 32.1 Å². The van der Waals surface area contributed by atoms with E-state index in [0.717, 1.165) is 31.9 Å². The third-order valence-corrected chi connectivity index (χ3v) is 4.20. The molecule has 0 radical (unpaired) electrons. The van der Waals surface area contributed by atoms with Crippen molar-refractivity contribution in [1.82, 2.24) is 30.6 Å². The van der Waals surface area contributed by atoms with Crippen molar-refractivity contribution in [3.05, 3.63) is 23.5 Å². The highest BCUT2D eigenvalue weighted by Gasteiger charge is 2.28. The van der Waals surface area contributed by atoms with Crippen molar-refractivity contribution in [2.24, 2.45) is 5.92 Å². The summed E-state index contributed by atoms with van der Waals surface area (Å²) in [5, 5.41) is 20.7. The predicted octanol–water partition coefficient (Wildman–Crippen LogP) is 0.172. The Hall–Kier alpha value is -2.75. The number of carbonyl (C=O) groups excluding carboxylic acids is 2. The number of fused-ring (bicyclic) bond motifs is 1. The van der Waals surface area contributed by atoms with Crippen LogP contribution in [0.25, 0.3) is 0 Å². The van der Waals surface area contributed by atoms with Crippen LogP contribution in [0.15, 0.2) is 10.6 Å². The summed E-state index contributed by atoms with van der Waals surface area (Å²) < 4.78 is 6.89. The second kappa shape index (κ2) is 7.65. The largest absolute Gasteiger partial charge is 0.360 e. The molecule has 10 nitrogen and oxygen atoms in total. The molecule has 10 heteroatoms. The van der Waals surface area contributed by atoms with Crippen LogP contribution in [-0.4, -0.2) is 44.8 Å². The van der Waals surface area contributed by atoms with Crippen LogP contribution in [0.2, 0.25) is 0 Å². The van der Waals surface area contributed by atoms with Gasteiger partial charge in [0.15, 0.2) is 11.6 Å². The molecule has 0 saturated carbocycles. The van der Waals surface area contributed by atoms with Crippen LogP contribution in [0, 0.1) is 12.8 Å². The number of nitrogens with one attached hydrogen (secondary N) is 3. The molecule has 1 atom stereocenters. The summed E-state index contributed by atoms with van der Waals surface area (Å²) in [5.74, 6) is 0.761. The number of carbonyl (C=O) groups is 2. The lowest BCUT2D eigenvalue weighted by Crippen LogP contribution is -2.40. The number of aryl methyl sites for hydroxylation is 1. The smallest absolute Gasteiger partial charge is 0.314 e. The fourth-order valence-corrected chi connectivity index (χ4v) is 2.86. The highest BCUT2D eigenvalue weighted by Crippen LogP contribution is 2.21. The van der Waals surface area contributed by atoms with Crippen LogP contribution < -0.4 is 16.0 Å². The molecule has 3 rings (SSSR count). The molecule has 0 fully saturated rings. The number of rotatable bonds is 4. The van der Waals surface area contributed by atoms with Crippen molar-refractivity contribution in [1.29, 1.82) is 0 Å². The first kappa shape index (κ1) is 18.1. The van der Waals surface area contributed by atoms with E-state index in [-0.39, 0.29) is 11.7 Å². The molecule has 0 aliphatic carbocycles. The van der Waals surface area contributed by atoms with Crippen molar-refractivity contribution in [3.63, 3.8) is 0 Å². The van der Waals surface area contributed by atoms with Gasteiger partial charge in [-0.3, -0.25) is 14.9 Å². The van der Waals surface area contributed by atoms with Gasteiger partial charge in [-0.15, -0.1) is 10.2 Å². The average molecular weight is 361 g/mol. The van der Waals surface area contributed by atoms with Gasteiger partial charge in [0.2, 0.25) is 0 Å². The van der Waals surface area contributed by atoms with Crippen molar-refractivity contribution >= 4 is 17.6 Å². The molecule has 140 valence electrons. The number of aromatic nitrogens is 4. The molecular formula is C16H23N7O3. The Morgan fingerprint density at radius 3 is 2.77 bits per heavy atom. The van der Waals surface area contributed by atoms with Gasteiger partial charge in [-0.2, -0.15) is 0 Å². The Balaban J connectivity index is 1.73. The minimum atomic E-state index is -0.804. The van der Waals surface area contributed by atoms with Gasteiger partial charge in [0.05, 0.1) is 6.04 Å². The van der Waals surface area contributed by atoms with E-state index in [1.54, 1.807) is 6.92 Å². The molecule has 0 spiro atoms. The van der Waals surface area contributed by atoms with Crippen LogP contribution >= 0.6 is 0 Å². The molecule has 2 amide bonds. The molecule has 3 heterocycles. The summed E-state index contributed by atoms with van der Waals surface area (Å²) in [5.41, 5.74) is 0. The summed E-state index contributed by atoms with van der Waals surface area (Å²) >= 11 is 0. The van der Waals surface area contributed by atoms with E-state index >= 15 is 0 Å². The molecule has 2 aromatic rings. The standard InChI is InChI=1S/C16H23N7O3/c1-9(2)13(14-21-20-12-4-5-17-6-7-23(12)14)19-16(25)15(24)18-11-8-10(3)26-22-11/h8-9,13,17H,4-7H2,1-3H3,(H,19,25)(H,18,22,24). The van der Waals surface area contributed by atoms with E-state index in [4.69, 9.17) is 4.52 Å². The van der Waals surface area contributed by atoms with Crippen LogP contribution in [0.4, 0.5) is 5.82 Å². The van der Waals surface area contributed by atoms with Gasteiger partial charge in [-0.1, -0.05) is 19.0 Å². The van der Waals surface area contributed by atoms with Gasteiger partial charge < -0.3 is 19.7 Å². The number of hydrogen-bond donors (Lipinski definition) is 3. The summed E-state index contributed by atoms with van der Waals surface area (Å²) in [4.78, 5) is 24.5. The van der Waals surface area contributed by atoms with E-state index in [9.17, 15) is 9.59 Å². The zero-order chi connectivity index (χ0) is 18.7. The first-order chi connectivity index (χ1) is 12.5. The van der Waals surface area contributed by atoms with E-state index in [0.29, 0.717) is 11.6 Å². The Bertz CT molecular complexity index is 796. The predicted molar refractivity (Wildman–Crippen MR) is 92.2 cm³/mol. The maximum absolute atomic E-state index is 12.3. The first-order valence-corrected chi connectivity index (χ1v) is 8.63. The van der Waals surface area contributed by atoms with Crippen LogP contribution in [0.5, 0.6) is 0 Å². The Kier molecular flexibility index (Phi) is 5.31. The Labute approximate surface area is 150 Å². The van der Waals surface area contributed by atoms with Crippen molar-refractivity contribution in [2.75, 3.05) is 18.4 Å². The summed E-state index contributed by atoms with van der Waals surface area (Å²) in [6.45, 7) is 7.99. The fraction of sp³-hybridized carbons (Fsp3) is 0.562.